The molecule has 2 heterocycles. The van der Waals surface area contributed by atoms with Crippen molar-refractivity contribution in [2.45, 2.75) is 19.0 Å². The first-order valence-corrected chi connectivity index (χ1v) is 6.32. The van der Waals surface area contributed by atoms with E-state index in [1.54, 1.807) is 4.90 Å². The van der Waals surface area contributed by atoms with Crippen molar-refractivity contribution >= 4 is 5.91 Å². The van der Waals surface area contributed by atoms with E-state index >= 15 is 0 Å². The summed E-state index contributed by atoms with van der Waals surface area (Å²) in [7, 11) is 0. The Bertz CT molecular complexity index is 513. The molecular formula is C14H15F3N2O. The Balaban J connectivity index is 2.01. The second-order valence-electron chi connectivity index (χ2n) is 4.93. The molecule has 0 aromatic carbocycles. The molecule has 0 aliphatic carbocycles. The molecule has 2 rings (SSSR count). The minimum atomic E-state index is -4.37. The number of rotatable bonds is 3. The largest absolute Gasteiger partial charge is 0.417 e. The highest BCUT2D eigenvalue weighted by Gasteiger charge is 2.31. The monoisotopic (exact) mass is 284 g/mol. The van der Waals surface area contributed by atoms with Gasteiger partial charge in [0.25, 0.3) is 0 Å². The number of carbonyl (C=O) groups is 1. The lowest BCUT2D eigenvalue weighted by Gasteiger charge is -2.14. The van der Waals surface area contributed by atoms with E-state index in [1.807, 2.05) is 0 Å². The van der Waals surface area contributed by atoms with Gasteiger partial charge in [0.15, 0.2) is 0 Å². The van der Waals surface area contributed by atoms with Crippen LogP contribution in [0.4, 0.5) is 13.2 Å². The van der Waals surface area contributed by atoms with Gasteiger partial charge in [-0.2, -0.15) is 13.2 Å². The maximum Gasteiger partial charge on any atom is 0.417 e. The number of carbonyl (C=O) groups excluding carboxylic acids is 1. The van der Waals surface area contributed by atoms with Crippen LogP contribution < -0.4 is 0 Å². The number of halogens is 3. The highest BCUT2D eigenvalue weighted by atomic mass is 19.4. The number of pyridine rings is 1. The van der Waals surface area contributed by atoms with Crippen molar-refractivity contribution in [3.05, 3.63) is 42.2 Å². The molecule has 1 aromatic rings. The van der Waals surface area contributed by atoms with Crippen LogP contribution >= 0.6 is 0 Å². The minimum absolute atomic E-state index is 0.130. The van der Waals surface area contributed by atoms with Crippen molar-refractivity contribution in [3.8, 4) is 0 Å². The van der Waals surface area contributed by atoms with Gasteiger partial charge < -0.3 is 4.90 Å². The van der Waals surface area contributed by atoms with Crippen LogP contribution in [-0.2, 0) is 17.4 Å². The van der Waals surface area contributed by atoms with E-state index in [2.05, 4.69) is 11.6 Å². The summed E-state index contributed by atoms with van der Waals surface area (Å²) in [5.41, 5.74) is -0.176. The van der Waals surface area contributed by atoms with Gasteiger partial charge in [-0.25, -0.2) is 0 Å². The fraction of sp³-hybridized carbons (Fsp3) is 0.429. The van der Waals surface area contributed by atoms with Crippen LogP contribution in [0.1, 0.15) is 17.5 Å². The van der Waals surface area contributed by atoms with Gasteiger partial charge in [0.1, 0.15) is 0 Å². The second kappa shape index (κ2) is 5.64. The zero-order chi connectivity index (χ0) is 14.8. The van der Waals surface area contributed by atoms with Crippen molar-refractivity contribution in [2.75, 3.05) is 13.1 Å². The normalized spacial score (nSPS) is 19.1. The molecule has 6 heteroatoms. The first-order valence-electron chi connectivity index (χ1n) is 6.32. The van der Waals surface area contributed by atoms with Crippen molar-refractivity contribution in [1.82, 2.24) is 9.88 Å². The number of hydrogen-bond donors (Lipinski definition) is 0. The summed E-state index contributed by atoms with van der Waals surface area (Å²) in [5, 5.41) is 0. The zero-order valence-corrected chi connectivity index (χ0v) is 10.9. The van der Waals surface area contributed by atoms with Gasteiger partial charge in [0.2, 0.25) is 5.91 Å². The molecule has 0 unspecified atom stereocenters. The van der Waals surface area contributed by atoms with Gasteiger partial charge in [0.05, 0.1) is 5.56 Å². The summed E-state index contributed by atoms with van der Waals surface area (Å²) in [5.74, 6) is 0.0406. The Morgan fingerprint density at radius 2 is 2.25 bits per heavy atom. The van der Waals surface area contributed by atoms with Crippen LogP contribution in [-0.4, -0.2) is 28.9 Å². The average Bonchev–Trinajstić information content (AvgIpc) is 2.85. The van der Waals surface area contributed by atoms with Crippen LogP contribution in [0.3, 0.4) is 0 Å². The third-order valence-electron chi connectivity index (χ3n) is 3.42. The van der Waals surface area contributed by atoms with E-state index in [0.717, 1.165) is 18.7 Å². The maximum absolute atomic E-state index is 12.6. The lowest BCUT2D eigenvalue weighted by atomic mass is 9.99. The fourth-order valence-corrected chi connectivity index (χ4v) is 2.42. The van der Waals surface area contributed by atoms with Gasteiger partial charge in [-0.05, 0) is 36.5 Å². The molecule has 0 bridgehead atoms. The van der Waals surface area contributed by atoms with Gasteiger partial charge in [-0.3, -0.25) is 9.78 Å². The fourth-order valence-electron chi connectivity index (χ4n) is 2.42. The van der Waals surface area contributed by atoms with Crippen LogP contribution in [0.25, 0.3) is 0 Å². The summed E-state index contributed by atoms with van der Waals surface area (Å²) in [6.45, 7) is 4.61. The lowest BCUT2D eigenvalue weighted by Crippen LogP contribution is -2.26. The molecular weight excluding hydrogens is 269 g/mol. The summed E-state index contributed by atoms with van der Waals surface area (Å²) >= 11 is 0. The van der Waals surface area contributed by atoms with Crippen molar-refractivity contribution in [1.29, 1.82) is 0 Å². The Labute approximate surface area is 115 Å². The van der Waals surface area contributed by atoms with E-state index in [9.17, 15) is 18.0 Å². The van der Waals surface area contributed by atoms with E-state index in [-0.39, 0.29) is 11.8 Å². The molecule has 1 atom stereocenters. The molecule has 1 aliphatic rings. The Kier molecular flexibility index (Phi) is 4.11. The molecule has 0 radical (unpaired) electrons. The van der Waals surface area contributed by atoms with Crippen LogP contribution in [0.5, 0.6) is 0 Å². The SMILES string of the molecule is C=CC(=O)N1CC[C@H](Cc2cncc(C(F)(F)F)c2)C1. The predicted octanol–water partition coefficient (Wildman–Crippen LogP) is 2.68. The number of likely N-dealkylation sites (tertiary alicyclic amines) is 1. The highest BCUT2D eigenvalue weighted by Crippen LogP contribution is 2.30. The lowest BCUT2D eigenvalue weighted by molar-refractivity contribution is -0.137. The van der Waals surface area contributed by atoms with E-state index < -0.39 is 11.7 Å². The zero-order valence-electron chi connectivity index (χ0n) is 10.9. The third-order valence-corrected chi connectivity index (χ3v) is 3.42. The second-order valence-corrected chi connectivity index (χ2v) is 4.93. The van der Waals surface area contributed by atoms with Gasteiger partial charge in [-0.1, -0.05) is 6.58 Å². The van der Waals surface area contributed by atoms with Crippen molar-refractivity contribution in [2.24, 2.45) is 5.92 Å². The van der Waals surface area contributed by atoms with Gasteiger partial charge in [-0.15, -0.1) is 0 Å². The van der Waals surface area contributed by atoms with Crippen LogP contribution in [0.15, 0.2) is 31.1 Å². The van der Waals surface area contributed by atoms with E-state index in [1.165, 1.54) is 12.3 Å². The number of aromatic nitrogens is 1. The van der Waals surface area contributed by atoms with Crippen LogP contribution in [0, 0.1) is 5.92 Å². The number of nitrogens with zero attached hydrogens (tertiary/aromatic N) is 2. The number of alkyl halides is 3. The molecule has 0 N–H and O–H groups in total. The molecule has 1 saturated heterocycles. The van der Waals surface area contributed by atoms with E-state index in [4.69, 9.17) is 0 Å². The van der Waals surface area contributed by atoms with Crippen LogP contribution in [0.2, 0.25) is 0 Å². The first kappa shape index (κ1) is 14.6. The summed E-state index contributed by atoms with van der Waals surface area (Å²) in [6, 6.07) is 1.13. The minimum Gasteiger partial charge on any atom is -0.339 e. The molecule has 3 nitrogen and oxygen atoms in total. The number of hydrogen-bond acceptors (Lipinski definition) is 2. The van der Waals surface area contributed by atoms with E-state index in [0.29, 0.717) is 25.1 Å². The van der Waals surface area contributed by atoms with Gasteiger partial charge in [0, 0.05) is 25.5 Å². The molecule has 20 heavy (non-hydrogen) atoms. The van der Waals surface area contributed by atoms with Gasteiger partial charge >= 0.3 is 6.18 Å². The molecule has 1 aromatic heterocycles. The molecule has 0 saturated carbocycles. The maximum atomic E-state index is 12.6. The highest BCUT2D eigenvalue weighted by molar-refractivity contribution is 5.87. The first-order chi connectivity index (χ1) is 9.40. The Morgan fingerprint density at radius 3 is 2.90 bits per heavy atom. The molecule has 108 valence electrons. The summed E-state index contributed by atoms with van der Waals surface area (Å²) < 4.78 is 37.8. The summed E-state index contributed by atoms with van der Waals surface area (Å²) in [6.07, 6.45) is 0.449. The third kappa shape index (κ3) is 3.37. The van der Waals surface area contributed by atoms with Crippen molar-refractivity contribution in [3.63, 3.8) is 0 Å². The topological polar surface area (TPSA) is 33.2 Å². The summed E-state index contributed by atoms with van der Waals surface area (Å²) in [4.78, 5) is 16.8. The average molecular weight is 284 g/mol. The molecule has 1 amide bonds. The van der Waals surface area contributed by atoms with Crippen molar-refractivity contribution < 1.29 is 18.0 Å². The smallest absolute Gasteiger partial charge is 0.339 e. The number of amides is 1. The Morgan fingerprint density at radius 1 is 1.50 bits per heavy atom. The molecule has 1 fully saturated rings. The predicted molar refractivity (Wildman–Crippen MR) is 67.8 cm³/mol. The molecule has 0 spiro atoms. The standard InChI is InChI=1S/C14H15F3N2O/c1-2-13(20)19-4-3-10(9-19)5-11-6-12(8-18-7-11)14(15,16)17/h2,6-8,10H,1,3-5,9H2/t10-/m1/s1. The Hall–Kier alpha value is -1.85. The quantitative estimate of drug-likeness (QED) is 0.800. The molecule has 1 aliphatic heterocycles.